The second-order valence-electron chi connectivity index (χ2n) is 5.56. The van der Waals surface area contributed by atoms with Gasteiger partial charge in [0.05, 0.1) is 22.5 Å². The van der Waals surface area contributed by atoms with Crippen LogP contribution in [0, 0.1) is 26.1 Å². The Hall–Kier alpha value is -2.71. The van der Waals surface area contributed by atoms with Gasteiger partial charge in [0.1, 0.15) is 0 Å². The van der Waals surface area contributed by atoms with Crippen molar-refractivity contribution in [2.75, 3.05) is 25.1 Å². The second-order valence-corrected chi connectivity index (χ2v) is 5.56. The second kappa shape index (κ2) is 6.59. The van der Waals surface area contributed by atoms with Crippen molar-refractivity contribution in [3.05, 3.63) is 37.9 Å². The first kappa shape index (κ1) is 16.7. The van der Waals surface area contributed by atoms with E-state index < -0.39 is 27.2 Å². The number of methoxy groups -OCH3 is 1. The summed E-state index contributed by atoms with van der Waals surface area (Å²) < 4.78 is 4.51. The number of rotatable bonds is 4. The standard InChI is InChI=1S/C14H17N3O6/c1-9-4-3-5-15(8-9)13-11(16(19)20)6-10(14(18)23-2)7-12(13)17(21)22/h6-7,9H,3-5,8H2,1-2H3. The van der Waals surface area contributed by atoms with Crippen LogP contribution in [0.4, 0.5) is 17.1 Å². The summed E-state index contributed by atoms with van der Waals surface area (Å²) in [6, 6.07) is 2.07. The smallest absolute Gasteiger partial charge is 0.338 e. The number of nitrogens with zero attached hydrogens (tertiary/aromatic N) is 3. The third-order valence-electron chi connectivity index (χ3n) is 3.86. The molecular weight excluding hydrogens is 306 g/mol. The Morgan fingerprint density at radius 2 is 1.83 bits per heavy atom. The maximum absolute atomic E-state index is 11.6. The minimum Gasteiger partial charge on any atom is -0.465 e. The lowest BCUT2D eigenvalue weighted by atomic mass is 9.98. The number of piperidine rings is 1. The molecule has 0 bridgehead atoms. The molecule has 1 heterocycles. The predicted octanol–water partition coefficient (Wildman–Crippen LogP) is 2.53. The molecule has 0 saturated carbocycles. The van der Waals surface area contributed by atoms with E-state index in [0.29, 0.717) is 13.1 Å². The Balaban J connectivity index is 2.64. The van der Waals surface area contributed by atoms with Gasteiger partial charge in [-0.25, -0.2) is 4.79 Å². The van der Waals surface area contributed by atoms with Crippen molar-refractivity contribution < 1.29 is 19.4 Å². The van der Waals surface area contributed by atoms with Crippen LogP contribution in [0.3, 0.4) is 0 Å². The van der Waals surface area contributed by atoms with Gasteiger partial charge in [0.2, 0.25) is 0 Å². The van der Waals surface area contributed by atoms with Crippen LogP contribution < -0.4 is 4.90 Å². The zero-order valence-electron chi connectivity index (χ0n) is 12.9. The highest BCUT2D eigenvalue weighted by molar-refractivity contribution is 5.94. The minimum absolute atomic E-state index is 0.0424. The molecule has 23 heavy (non-hydrogen) atoms. The first-order valence-corrected chi connectivity index (χ1v) is 7.15. The Kier molecular flexibility index (Phi) is 4.77. The van der Waals surface area contributed by atoms with Gasteiger partial charge in [0, 0.05) is 25.2 Å². The van der Waals surface area contributed by atoms with E-state index in [1.54, 1.807) is 4.90 Å². The van der Waals surface area contributed by atoms with Gasteiger partial charge in [-0.2, -0.15) is 0 Å². The van der Waals surface area contributed by atoms with E-state index in [-0.39, 0.29) is 17.2 Å². The molecule has 9 heteroatoms. The van der Waals surface area contributed by atoms with Gasteiger partial charge in [0.25, 0.3) is 0 Å². The van der Waals surface area contributed by atoms with Crippen molar-refractivity contribution in [2.24, 2.45) is 5.92 Å². The molecule has 2 rings (SSSR count). The van der Waals surface area contributed by atoms with Crippen molar-refractivity contribution in [3.8, 4) is 0 Å². The van der Waals surface area contributed by atoms with Gasteiger partial charge in [-0.05, 0) is 18.8 Å². The normalized spacial score (nSPS) is 17.7. The molecule has 1 aromatic rings. The van der Waals surface area contributed by atoms with Crippen LogP contribution >= 0.6 is 0 Å². The number of esters is 1. The Morgan fingerprint density at radius 3 is 2.26 bits per heavy atom. The molecule has 0 radical (unpaired) electrons. The molecule has 1 saturated heterocycles. The van der Waals surface area contributed by atoms with Crippen molar-refractivity contribution in [1.29, 1.82) is 0 Å². The van der Waals surface area contributed by atoms with Crippen LogP contribution in [0.15, 0.2) is 12.1 Å². The minimum atomic E-state index is -0.852. The first-order chi connectivity index (χ1) is 10.8. The molecule has 0 aliphatic carbocycles. The molecule has 9 nitrogen and oxygen atoms in total. The predicted molar refractivity (Wildman–Crippen MR) is 81.7 cm³/mol. The number of nitro groups is 2. The number of anilines is 1. The number of hydrogen-bond donors (Lipinski definition) is 0. The molecule has 124 valence electrons. The maximum atomic E-state index is 11.6. The number of hydrogen-bond acceptors (Lipinski definition) is 7. The number of ether oxygens (including phenoxy) is 1. The van der Waals surface area contributed by atoms with Gasteiger partial charge >= 0.3 is 17.3 Å². The number of nitro benzene ring substituents is 2. The molecule has 0 aromatic heterocycles. The van der Waals surface area contributed by atoms with Crippen LogP contribution in [0.5, 0.6) is 0 Å². The average molecular weight is 323 g/mol. The summed E-state index contributed by atoms with van der Waals surface area (Å²) in [5.74, 6) is -0.571. The monoisotopic (exact) mass is 323 g/mol. The summed E-state index contributed by atoms with van der Waals surface area (Å²) in [7, 11) is 1.11. The Labute approximate surface area is 132 Å². The molecule has 1 unspecified atom stereocenters. The highest BCUT2D eigenvalue weighted by Crippen LogP contribution is 2.40. The van der Waals surface area contributed by atoms with Gasteiger partial charge < -0.3 is 9.64 Å². The summed E-state index contributed by atoms with van der Waals surface area (Å²) in [6.07, 6.45) is 1.77. The highest BCUT2D eigenvalue weighted by atomic mass is 16.6. The average Bonchev–Trinajstić information content (AvgIpc) is 2.52. The fraction of sp³-hybridized carbons (Fsp3) is 0.500. The van der Waals surface area contributed by atoms with Crippen LogP contribution in [0.2, 0.25) is 0 Å². The lowest BCUT2D eigenvalue weighted by Crippen LogP contribution is -2.35. The number of carbonyl (C=O) groups is 1. The Bertz CT molecular complexity index is 625. The summed E-state index contributed by atoms with van der Waals surface area (Å²) in [4.78, 5) is 34.7. The van der Waals surface area contributed by atoms with Crippen molar-refractivity contribution in [2.45, 2.75) is 19.8 Å². The molecule has 1 fully saturated rings. The van der Waals surface area contributed by atoms with E-state index in [1.165, 1.54) is 0 Å². The molecule has 1 aromatic carbocycles. The molecule has 0 spiro atoms. The number of carbonyl (C=O) groups excluding carboxylic acids is 1. The zero-order chi connectivity index (χ0) is 17.1. The van der Waals surface area contributed by atoms with Crippen molar-refractivity contribution in [3.63, 3.8) is 0 Å². The van der Waals surface area contributed by atoms with E-state index in [1.807, 2.05) is 6.92 Å². The van der Waals surface area contributed by atoms with Crippen molar-refractivity contribution in [1.82, 2.24) is 0 Å². The van der Waals surface area contributed by atoms with E-state index in [0.717, 1.165) is 32.1 Å². The van der Waals surface area contributed by atoms with Crippen LogP contribution in [-0.2, 0) is 4.74 Å². The van der Waals surface area contributed by atoms with Gasteiger partial charge in [0.15, 0.2) is 5.69 Å². The SMILES string of the molecule is COC(=O)c1cc([N+](=O)[O-])c(N2CCCC(C)C2)c([N+](=O)[O-])c1. The van der Waals surface area contributed by atoms with Crippen LogP contribution in [0.1, 0.15) is 30.1 Å². The van der Waals surface area contributed by atoms with E-state index in [9.17, 15) is 25.0 Å². The van der Waals surface area contributed by atoms with E-state index in [4.69, 9.17) is 0 Å². The van der Waals surface area contributed by atoms with Crippen molar-refractivity contribution >= 4 is 23.0 Å². The molecule has 0 N–H and O–H groups in total. The zero-order valence-corrected chi connectivity index (χ0v) is 12.9. The quantitative estimate of drug-likeness (QED) is 0.475. The summed E-state index contributed by atoms with van der Waals surface area (Å²) in [5, 5.41) is 22.8. The fourth-order valence-electron chi connectivity index (χ4n) is 2.83. The lowest BCUT2D eigenvalue weighted by molar-refractivity contribution is -0.392. The van der Waals surface area contributed by atoms with E-state index >= 15 is 0 Å². The summed E-state index contributed by atoms with van der Waals surface area (Å²) in [6.45, 7) is 3.00. The highest BCUT2D eigenvalue weighted by Gasteiger charge is 2.34. The largest absolute Gasteiger partial charge is 0.465 e. The Morgan fingerprint density at radius 1 is 1.26 bits per heavy atom. The van der Waals surface area contributed by atoms with Gasteiger partial charge in [-0.1, -0.05) is 6.92 Å². The summed E-state index contributed by atoms with van der Waals surface area (Å²) in [5.41, 5.74) is -1.15. The van der Waals surface area contributed by atoms with Crippen LogP contribution in [0.25, 0.3) is 0 Å². The topological polar surface area (TPSA) is 116 Å². The molecule has 1 aliphatic rings. The van der Waals surface area contributed by atoms with Crippen LogP contribution in [-0.4, -0.2) is 36.0 Å². The first-order valence-electron chi connectivity index (χ1n) is 7.15. The summed E-state index contributed by atoms with van der Waals surface area (Å²) >= 11 is 0. The number of benzene rings is 1. The third kappa shape index (κ3) is 3.38. The van der Waals surface area contributed by atoms with Gasteiger partial charge in [-0.15, -0.1) is 0 Å². The molecule has 1 atom stereocenters. The lowest BCUT2D eigenvalue weighted by Gasteiger charge is -2.32. The third-order valence-corrected chi connectivity index (χ3v) is 3.86. The van der Waals surface area contributed by atoms with E-state index in [2.05, 4.69) is 4.74 Å². The molecule has 1 aliphatic heterocycles. The molecular formula is C14H17N3O6. The fourth-order valence-corrected chi connectivity index (χ4v) is 2.83. The van der Waals surface area contributed by atoms with Gasteiger partial charge in [-0.3, -0.25) is 20.2 Å². The molecule has 0 amide bonds. The maximum Gasteiger partial charge on any atom is 0.338 e.